The molecule has 0 saturated heterocycles. The van der Waals surface area contributed by atoms with Crippen LogP contribution >= 0.6 is 0 Å². The van der Waals surface area contributed by atoms with E-state index in [1.807, 2.05) is 0 Å². The Bertz CT molecular complexity index is 253. The lowest BCUT2D eigenvalue weighted by Crippen LogP contribution is -2.25. The molecular formula is C23H46. The minimum Gasteiger partial charge on any atom is -0.0654 e. The van der Waals surface area contributed by atoms with Crippen LogP contribution < -0.4 is 0 Å². The van der Waals surface area contributed by atoms with Gasteiger partial charge in [0.2, 0.25) is 0 Å². The summed E-state index contributed by atoms with van der Waals surface area (Å²) in [6.07, 6.45) is 23.7. The molecule has 0 nitrogen and oxygen atoms in total. The molecule has 0 heterocycles. The molecule has 0 N–H and O–H groups in total. The summed E-state index contributed by atoms with van der Waals surface area (Å²) in [4.78, 5) is 0. The summed E-state index contributed by atoms with van der Waals surface area (Å²) in [6, 6.07) is 0. The van der Waals surface area contributed by atoms with Crippen LogP contribution in [0.5, 0.6) is 0 Å². The largest absolute Gasteiger partial charge is 0.0654 e. The fourth-order valence-corrected chi connectivity index (χ4v) is 4.51. The quantitative estimate of drug-likeness (QED) is 0.412. The van der Waals surface area contributed by atoms with E-state index in [2.05, 4.69) is 27.7 Å². The minimum atomic E-state index is 0.612. The molecule has 0 atom stereocenters. The summed E-state index contributed by atoms with van der Waals surface area (Å²) in [6.45, 7) is 9.49. The molecule has 0 unspecified atom stereocenters. The Kier molecular flexibility index (Phi) is 11.3. The van der Waals surface area contributed by atoms with E-state index >= 15 is 0 Å². The second-order valence-electron chi connectivity index (χ2n) is 9.03. The van der Waals surface area contributed by atoms with E-state index in [-0.39, 0.29) is 0 Å². The first kappa shape index (κ1) is 21.0. The monoisotopic (exact) mass is 322 g/mol. The van der Waals surface area contributed by atoms with Crippen molar-refractivity contribution >= 4 is 0 Å². The fourth-order valence-electron chi connectivity index (χ4n) is 4.51. The smallest absolute Gasteiger partial charge is 0.0329 e. The van der Waals surface area contributed by atoms with Gasteiger partial charge in [-0.05, 0) is 30.1 Å². The summed E-state index contributed by atoms with van der Waals surface area (Å²) < 4.78 is 0. The van der Waals surface area contributed by atoms with Crippen LogP contribution in [-0.2, 0) is 0 Å². The van der Waals surface area contributed by atoms with Crippen LogP contribution in [0.2, 0.25) is 0 Å². The lowest BCUT2D eigenvalue weighted by atomic mass is 9.70. The van der Waals surface area contributed by atoms with Gasteiger partial charge < -0.3 is 0 Å². The van der Waals surface area contributed by atoms with Gasteiger partial charge >= 0.3 is 0 Å². The summed E-state index contributed by atoms with van der Waals surface area (Å²) >= 11 is 0. The van der Waals surface area contributed by atoms with Crippen LogP contribution in [0.3, 0.4) is 0 Å². The van der Waals surface area contributed by atoms with Gasteiger partial charge in [0.15, 0.2) is 0 Å². The Hall–Kier alpha value is 0. The topological polar surface area (TPSA) is 0 Å². The lowest BCUT2D eigenvalue weighted by Gasteiger charge is -2.36. The maximum Gasteiger partial charge on any atom is -0.0329 e. The molecule has 2 rings (SSSR count). The number of hydrogen-bond acceptors (Lipinski definition) is 0. The molecule has 0 bridgehead atoms. The zero-order valence-electron chi connectivity index (χ0n) is 17.0. The summed E-state index contributed by atoms with van der Waals surface area (Å²) in [5.74, 6) is 2.12. The van der Waals surface area contributed by atoms with Gasteiger partial charge in [-0.25, -0.2) is 0 Å². The predicted octanol–water partition coefficient (Wildman–Crippen LogP) is 8.54. The third-order valence-electron chi connectivity index (χ3n) is 6.81. The van der Waals surface area contributed by atoms with Crippen LogP contribution in [0, 0.1) is 17.3 Å². The first-order valence-electron chi connectivity index (χ1n) is 11.1. The van der Waals surface area contributed by atoms with Crippen molar-refractivity contribution in [2.75, 3.05) is 0 Å². The first-order valence-corrected chi connectivity index (χ1v) is 11.1. The van der Waals surface area contributed by atoms with E-state index in [0.29, 0.717) is 5.41 Å². The van der Waals surface area contributed by atoms with Crippen LogP contribution in [0.4, 0.5) is 0 Å². The highest BCUT2D eigenvalue weighted by Crippen LogP contribution is 2.40. The molecule has 0 aromatic heterocycles. The number of unbranched alkanes of at least 4 members (excludes halogenated alkanes) is 3. The Morgan fingerprint density at radius 1 is 0.696 bits per heavy atom. The first-order chi connectivity index (χ1) is 11.1. The van der Waals surface area contributed by atoms with Gasteiger partial charge in [0.1, 0.15) is 0 Å². The van der Waals surface area contributed by atoms with Crippen molar-refractivity contribution < 1.29 is 0 Å². The van der Waals surface area contributed by atoms with Crippen LogP contribution in [0.25, 0.3) is 0 Å². The molecular weight excluding hydrogens is 276 g/mol. The van der Waals surface area contributed by atoms with Gasteiger partial charge in [-0.1, -0.05) is 118 Å². The van der Waals surface area contributed by atoms with Crippen molar-refractivity contribution in [2.24, 2.45) is 17.3 Å². The average Bonchev–Trinajstić information content (AvgIpc) is 2.61. The van der Waals surface area contributed by atoms with Crippen molar-refractivity contribution in [3.63, 3.8) is 0 Å². The molecule has 2 aliphatic rings. The van der Waals surface area contributed by atoms with Crippen molar-refractivity contribution in [3.8, 4) is 0 Å². The van der Waals surface area contributed by atoms with E-state index in [1.54, 1.807) is 0 Å². The summed E-state index contributed by atoms with van der Waals surface area (Å²) in [5, 5.41) is 0. The Morgan fingerprint density at radius 3 is 1.78 bits per heavy atom. The fraction of sp³-hybridized carbons (Fsp3) is 1.00. The second-order valence-corrected chi connectivity index (χ2v) is 9.03. The third-order valence-corrected chi connectivity index (χ3v) is 6.81. The van der Waals surface area contributed by atoms with Gasteiger partial charge in [-0.3, -0.25) is 0 Å². The Balaban J connectivity index is 0.000000231. The molecule has 23 heavy (non-hydrogen) atoms. The Labute approximate surface area is 148 Å². The highest BCUT2D eigenvalue weighted by Gasteiger charge is 2.28. The molecule has 2 fully saturated rings. The zero-order chi connectivity index (χ0) is 17.0. The molecule has 2 saturated carbocycles. The van der Waals surface area contributed by atoms with E-state index < -0.39 is 0 Å². The lowest BCUT2D eigenvalue weighted by molar-refractivity contribution is 0.152. The molecule has 0 aromatic carbocycles. The zero-order valence-corrected chi connectivity index (χ0v) is 17.0. The van der Waals surface area contributed by atoms with E-state index in [4.69, 9.17) is 0 Å². The maximum absolute atomic E-state index is 2.43. The molecule has 0 radical (unpaired) electrons. The summed E-state index contributed by atoms with van der Waals surface area (Å²) in [5.41, 5.74) is 0.612. The molecule has 0 aromatic rings. The van der Waals surface area contributed by atoms with Crippen molar-refractivity contribution in [2.45, 2.75) is 130 Å². The minimum absolute atomic E-state index is 0.612. The van der Waals surface area contributed by atoms with E-state index in [9.17, 15) is 0 Å². The number of hydrogen-bond donors (Lipinski definition) is 0. The van der Waals surface area contributed by atoms with Gasteiger partial charge in [0.25, 0.3) is 0 Å². The van der Waals surface area contributed by atoms with Crippen LogP contribution in [0.15, 0.2) is 0 Å². The highest BCUT2D eigenvalue weighted by molar-refractivity contribution is 4.79. The van der Waals surface area contributed by atoms with E-state index in [1.165, 1.54) is 103 Å². The van der Waals surface area contributed by atoms with Gasteiger partial charge in [-0.2, -0.15) is 0 Å². The van der Waals surface area contributed by atoms with E-state index in [0.717, 1.165) is 11.8 Å². The van der Waals surface area contributed by atoms with Crippen molar-refractivity contribution in [3.05, 3.63) is 0 Å². The SMILES string of the molecule is CCC(C)(C)C1CCCCC1.CCCCCCC1CCCCC1. The molecule has 0 amide bonds. The van der Waals surface area contributed by atoms with Gasteiger partial charge in [0.05, 0.1) is 0 Å². The van der Waals surface area contributed by atoms with Gasteiger partial charge in [0, 0.05) is 0 Å². The van der Waals surface area contributed by atoms with Gasteiger partial charge in [-0.15, -0.1) is 0 Å². The molecule has 138 valence electrons. The van der Waals surface area contributed by atoms with Crippen molar-refractivity contribution in [1.29, 1.82) is 0 Å². The molecule has 2 aliphatic carbocycles. The molecule has 0 heteroatoms. The molecule has 0 spiro atoms. The molecule has 0 aliphatic heterocycles. The maximum atomic E-state index is 2.43. The number of rotatable bonds is 7. The second kappa shape index (κ2) is 12.4. The Morgan fingerprint density at radius 2 is 1.26 bits per heavy atom. The summed E-state index contributed by atoms with van der Waals surface area (Å²) in [7, 11) is 0. The average molecular weight is 323 g/mol. The van der Waals surface area contributed by atoms with Crippen LogP contribution in [-0.4, -0.2) is 0 Å². The highest BCUT2D eigenvalue weighted by atomic mass is 14.3. The van der Waals surface area contributed by atoms with Crippen molar-refractivity contribution in [1.82, 2.24) is 0 Å². The predicted molar refractivity (Wildman–Crippen MR) is 106 cm³/mol. The normalized spacial score (nSPS) is 20.9. The van der Waals surface area contributed by atoms with Crippen LogP contribution in [0.1, 0.15) is 130 Å². The standard InChI is InChI=1S/C12H24.C11H22/c1-2-3-4-6-9-12-10-7-5-8-11-12;1-4-11(2,3)10-8-6-5-7-9-10/h12H,2-11H2,1H3;10H,4-9H2,1-3H3. The third kappa shape index (κ3) is 9.16.